The SMILES string of the molecule is COc1ccc2nn(-c3ccc(Br)cc3)c(N)c2c1. The molecule has 0 saturated carbocycles. The number of fused-ring (bicyclic) bond motifs is 1. The molecule has 96 valence electrons. The normalized spacial score (nSPS) is 10.8. The molecular formula is C14H12BrN3O. The lowest BCUT2D eigenvalue weighted by Gasteiger charge is -2.03. The molecule has 1 aromatic heterocycles. The van der Waals surface area contributed by atoms with E-state index in [9.17, 15) is 0 Å². The van der Waals surface area contributed by atoms with E-state index in [-0.39, 0.29) is 0 Å². The molecule has 0 aliphatic rings. The summed E-state index contributed by atoms with van der Waals surface area (Å²) in [7, 11) is 1.64. The zero-order valence-corrected chi connectivity index (χ0v) is 11.9. The van der Waals surface area contributed by atoms with Crippen LogP contribution in [0.3, 0.4) is 0 Å². The summed E-state index contributed by atoms with van der Waals surface area (Å²) < 4.78 is 7.96. The van der Waals surface area contributed by atoms with Gasteiger partial charge in [-0.3, -0.25) is 0 Å². The highest BCUT2D eigenvalue weighted by atomic mass is 79.9. The Hall–Kier alpha value is -2.01. The molecular weight excluding hydrogens is 306 g/mol. The average Bonchev–Trinajstić information content (AvgIpc) is 2.76. The topological polar surface area (TPSA) is 53.1 Å². The van der Waals surface area contributed by atoms with Crippen LogP contribution in [0.4, 0.5) is 5.82 Å². The van der Waals surface area contributed by atoms with E-state index in [1.807, 2.05) is 42.5 Å². The summed E-state index contributed by atoms with van der Waals surface area (Å²) in [6, 6.07) is 13.5. The largest absolute Gasteiger partial charge is 0.497 e. The van der Waals surface area contributed by atoms with Gasteiger partial charge in [0.2, 0.25) is 0 Å². The highest BCUT2D eigenvalue weighted by Gasteiger charge is 2.10. The zero-order valence-electron chi connectivity index (χ0n) is 10.3. The summed E-state index contributed by atoms with van der Waals surface area (Å²) in [5, 5.41) is 5.40. The minimum Gasteiger partial charge on any atom is -0.497 e. The van der Waals surface area contributed by atoms with Crippen LogP contribution >= 0.6 is 15.9 Å². The van der Waals surface area contributed by atoms with Crippen LogP contribution in [0.25, 0.3) is 16.6 Å². The van der Waals surface area contributed by atoms with Gasteiger partial charge in [-0.25, -0.2) is 4.68 Å². The third-order valence-electron chi connectivity index (χ3n) is 2.99. The molecule has 0 aliphatic carbocycles. The molecule has 1 heterocycles. The van der Waals surface area contributed by atoms with Crippen LogP contribution in [0.1, 0.15) is 0 Å². The number of aromatic nitrogens is 2. The number of halogens is 1. The van der Waals surface area contributed by atoms with E-state index in [0.717, 1.165) is 26.8 Å². The molecule has 0 spiro atoms. The smallest absolute Gasteiger partial charge is 0.135 e. The molecule has 3 aromatic rings. The third kappa shape index (κ3) is 2.06. The van der Waals surface area contributed by atoms with Crippen molar-refractivity contribution in [2.45, 2.75) is 0 Å². The van der Waals surface area contributed by atoms with Crippen molar-refractivity contribution in [2.75, 3.05) is 12.8 Å². The molecule has 0 bridgehead atoms. The fourth-order valence-corrected chi connectivity index (χ4v) is 2.25. The Morgan fingerprint density at radius 3 is 2.58 bits per heavy atom. The van der Waals surface area contributed by atoms with Gasteiger partial charge in [-0.15, -0.1) is 0 Å². The van der Waals surface area contributed by atoms with E-state index >= 15 is 0 Å². The van der Waals surface area contributed by atoms with Crippen molar-refractivity contribution in [3.05, 3.63) is 46.9 Å². The first kappa shape index (κ1) is 12.0. The van der Waals surface area contributed by atoms with E-state index in [4.69, 9.17) is 10.5 Å². The van der Waals surface area contributed by atoms with Crippen LogP contribution in [-0.2, 0) is 0 Å². The van der Waals surface area contributed by atoms with Gasteiger partial charge in [-0.2, -0.15) is 5.10 Å². The van der Waals surface area contributed by atoms with E-state index in [0.29, 0.717) is 5.82 Å². The zero-order chi connectivity index (χ0) is 13.4. The molecule has 0 amide bonds. The molecule has 19 heavy (non-hydrogen) atoms. The highest BCUT2D eigenvalue weighted by molar-refractivity contribution is 9.10. The number of benzene rings is 2. The van der Waals surface area contributed by atoms with Crippen molar-refractivity contribution in [1.82, 2.24) is 9.78 Å². The average molecular weight is 318 g/mol. The van der Waals surface area contributed by atoms with Crippen LogP contribution in [0.5, 0.6) is 5.75 Å². The second-order valence-electron chi connectivity index (χ2n) is 4.16. The number of nitrogens with two attached hydrogens (primary N) is 1. The fraction of sp³-hybridized carbons (Fsp3) is 0.0714. The molecule has 0 saturated heterocycles. The van der Waals surface area contributed by atoms with Gasteiger partial charge in [-0.1, -0.05) is 15.9 Å². The second-order valence-corrected chi connectivity index (χ2v) is 5.07. The standard InChI is InChI=1S/C14H12BrN3O/c1-19-11-6-7-13-12(8-11)14(16)18(17-13)10-4-2-9(15)3-5-10/h2-8H,16H2,1H3. The summed E-state index contributed by atoms with van der Waals surface area (Å²) in [6.07, 6.45) is 0. The van der Waals surface area contributed by atoms with Crippen LogP contribution in [0.15, 0.2) is 46.9 Å². The van der Waals surface area contributed by atoms with Crippen molar-refractivity contribution in [2.24, 2.45) is 0 Å². The number of rotatable bonds is 2. The molecule has 3 rings (SSSR count). The summed E-state index contributed by atoms with van der Waals surface area (Å²) >= 11 is 3.41. The van der Waals surface area contributed by atoms with Gasteiger partial charge in [0.1, 0.15) is 11.6 Å². The van der Waals surface area contributed by atoms with E-state index in [2.05, 4.69) is 21.0 Å². The van der Waals surface area contributed by atoms with E-state index in [1.165, 1.54) is 0 Å². The van der Waals surface area contributed by atoms with Gasteiger partial charge in [0.15, 0.2) is 0 Å². The number of anilines is 1. The van der Waals surface area contributed by atoms with E-state index < -0.39 is 0 Å². The van der Waals surface area contributed by atoms with Gasteiger partial charge in [0, 0.05) is 9.86 Å². The lowest BCUT2D eigenvalue weighted by atomic mass is 10.2. The molecule has 0 fully saturated rings. The minimum atomic E-state index is 0.608. The second kappa shape index (κ2) is 4.59. The molecule has 0 atom stereocenters. The minimum absolute atomic E-state index is 0.608. The van der Waals surface area contributed by atoms with Gasteiger partial charge in [0.25, 0.3) is 0 Å². The van der Waals surface area contributed by atoms with Crippen molar-refractivity contribution in [3.8, 4) is 11.4 Å². The van der Waals surface area contributed by atoms with Crippen molar-refractivity contribution < 1.29 is 4.74 Å². The van der Waals surface area contributed by atoms with Gasteiger partial charge in [-0.05, 0) is 42.5 Å². The predicted octanol–water partition coefficient (Wildman–Crippen LogP) is 3.38. The molecule has 2 N–H and O–H groups in total. The molecule has 0 unspecified atom stereocenters. The first-order chi connectivity index (χ1) is 9.19. The number of nitrogens with zero attached hydrogens (tertiary/aromatic N) is 2. The summed E-state index contributed by atoms with van der Waals surface area (Å²) in [5.41, 5.74) is 7.94. The Morgan fingerprint density at radius 1 is 1.16 bits per heavy atom. The first-order valence-electron chi connectivity index (χ1n) is 5.77. The van der Waals surface area contributed by atoms with Gasteiger partial charge < -0.3 is 10.5 Å². The van der Waals surface area contributed by atoms with Gasteiger partial charge in [0.05, 0.1) is 18.3 Å². The molecule has 0 radical (unpaired) electrons. The maximum atomic E-state index is 6.17. The Kier molecular flexibility index (Phi) is 2.91. The van der Waals surface area contributed by atoms with Crippen molar-refractivity contribution in [3.63, 3.8) is 0 Å². The monoisotopic (exact) mass is 317 g/mol. The van der Waals surface area contributed by atoms with Crippen LogP contribution < -0.4 is 10.5 Å². The maximum absolute atomic E-state index is 6.17. The first-order valence-corrected chi connectivity index (χ1v) is 6.56. The quantitative estimate of drug-likeness (QED) is 0.788. The van der Waals surface area contributed by atoms with Crippen LogP contribution in [-0.4, -0.2) is 16.9 Å². The maximum Gasteiger partial charge on any atom is 0.135 e. The summed E-state index contributed by atoms with van der Waals surface area (Å²) in [4.78, 5) is 0. The number of methoxy groups -OCH3 is 1. The number of hydrogen-bond acceptors (Lipinski definition) is 3. The van der Waals surface area contributed by atoms with Gasteiger partial charge >= 0.3 is 0 Å². The Bertz CT molecular complexity index is 734. The third-order valence-corrected chi connectivity index (χ3v) is 3.52. The van der Waals surface area contributed by atoms with E-state index in [1.54, 1.807) is 11.8 Å². The molecule has 2 aromatic carbocycles. The van der Waals surface area contributed by atoms with Crippen molar-refractivity contribution >= 4 is 32.7 Å². The predicted molar refractivity (Wildman–Crippen MR) is 79.7 cm³/mol. The number of hydrogen-bond donors (Lipinski definition) is 1. The highest BCUT2D eigenvalue weighted by Crippen LogP contribution is 2.27. The summed E-state index contributed by atoms with van der Waals surface area (Å²) in [5.74, 6) is 1.38. The lowest BCUT2D eigenvalue weighted by Crippen LogP contribution is -2.01. The van der Waals surface area contributed by atoms with Crippen LogP contribution in [0.2, 0.25) is 0 Å². The molecule has 0 aliphatic heterocycles. The summed E-state index contributed by atoms with van der Waals surface area (Å²) in [6.45, 7) is 0. The molecule has 4 nitrogen and oxygen atoms in total. The Labute approximate surface area is 118 Å². The van der Waals surface area contributed by atoms with Crippen LogP contribution in [0, 0.1) is 0 Å². The number of ether oxygens (including phenoxy) is 1. The molecule has 5 heteroatoms. The lowest BCUT2D eigenvalue weighted by molar-refractivity contribution is 0.415. The Morgan fingerprint density at radius 2 is 1.89 bits per heavy atom. The van der Waals surface area contributed by atoms with Crippen molar-refractivity contribution in [1.29, 1.82) is 0 Å². The Balaban J connectivity index is 2.19. The fourth-order valence-electron chi connectivity index (χ4n) is 1.99. The number of nitrogen functional groups attached to an aromatic ring is 1.